The van der Waals surface area contributed by atoms with E-state index in [-0.39, 0.29) is 11.7 Å². The minimum absolute atomic E-state index is 0.0469. The average Bonchev–Trinajstić information content (AvgIpc) is 2.26. The van der Waals surface area contributed by atoms with Gasteiger partial charge in [-0.2, -0.15) is 0 Å². The summed E-state index contributed by atoms with van der Waals surface area (Å²) in [6.45, 7) is 12.5. The molecule has 0 spiro atoms. The van der Waals surface area contributed by atoms with Crippen LogP contribution in [0.2, 0.25) is 0 Å². The first kappa shape index (κ1) is 19.4. The van der Waals surface area contributed by atoms with Gasteiger partial charge in [-0.25, -0.2) is 13.1 Å². The quantitative estimate of drug-likeness (QED) is 0.681. The molecule has 0 heterocycles. The molecule has 1 amide bonds. The van der Waals surface area contributed by atoms with Gasteiger partial charge in [0, 0.05) is 6.54 Å². The third kappa shape index (κ3) is 7.24. The number of hydrogen-bond acceptors (Lipinski definition) is 3. The second-order valence-electron chi connectivity index (χ2n) is 6.06. The number of rotatable bonds is 9. The zero-order chi connectivity index (χ0) is 15.9. The van der Waals surface area contributed by atoms with Crippen LogP contribution < -0.4 is 10.0 Å². The number of carbonyl (C=O) groups excluding carboxylic acids is 1. The molecule has 5 nitrogen and oxygen atoms in total. The van der Waals surface area contributed by atoms with Gasteiger partial charge in [-0.15, -0.1) is 0 Å². The fourth-order valence-corrected chi connectivity index (χ4v) is 3.56. The van der Waals surface area contributed by atoms with Crippen molar-refractivity contribution in [2.75, 3.05) is 12.3 Å². The monoisotopic (exact) mass is 306 g/mol. The summed E-state index contributed by atoms with van der Waals surface area (Å²) in [4.78, 5) is 11.9. The normalized spacial score (nSPS) is 14.1. The highest BCUT2D eigenvalue weighted by Crippen LogP contribution is 2.19. The highest BCUT2D eigenvalue weighted by molar-refractivity contribution is 7.89. The van der Waals surface area contributed by atoms with E-state index in [1.807, 2.05) is 0 Å². The van der Waals surface area contributed by atoms with Crippen LogP contribution in [0.3, 0.4) is 0 Å². The zero-order valence-corrected chi connectivity index (χ0v) is 14.4. The van der Waals surface area contributed by atoms with Crippen LogP contribution in [0.4, 0.5) is 0 Å². The van der Waals surface area contributed by atoms with Gasteiger partial charge in [-0.1, -0.05) is 34.6 Å². The van der Waals surface area contributed by atoms with Crippen molar-refractivity contribution in [3.63, 3.8) is 0 Å². The minimum Gasteiger partial charge on any atom is -0.354 e. The van der Waals surface area contributed by atoms with Crippen LogP contribution in [-0.4, -0.2) is 32.7 Å². The molecule has 0 saturated carbocycles. The maximum atomic E-state index is 11.9. The van der Waals surface area contributed by atoms with Crippen LogP contribution in [0.5, 0.6) is 0 Å². The van der Waals surface area contributed by atoms with E-state index in [2.05, 4.69) is 37.7 Å². The van der Waals surface area contributed by atoms with Gasteiger partial charge in [0.2, 0.25) is 15.9 Å². The van der Waals surface area contributed by atoms with Crippen molar-refractivity contribution in [1.29, 1.82) is 0 Å². The van der Waals surface area contributed by atoms with Crippen molar-refractivity contribution in [2.45, 2.75) is 54.0 Å². The Hall–Kier alpha value is -0.620. The lowest BCUT2D eigenvalue weighted by Crippen LogP contribution is -2.47. The Morgan fingerprint density at radius 3 is 1.95 bits per heavy atom. The molecular weight excluding hydrogens is 276 g/mol. The largest absolute Gasteiger partial charge is 0.354 e. The van der Waals surface area contributed by atoms with E-state index in [9.17, 15) is 13.2 Å². The van der Waals surface area contributed by atoms with Gasteiger partial charge in [0.1, 0.15) is 0 Å². The molecular formula is C14H30N2O3S. The van der Waals surface area contributed by atoms with Crippen molar-refractivity contribution in [1.82, 2.24) is 10.0 Å². The summed E-state index contributed by atoms with van der Waals surface area (Å²) in [5.41, 5.74) is 0. The number of sulfonamides is 1. The maximum Gasteiger partial charge on any atom is 0.237 e. The van der Waals surface area contributed by atoms with Crippen molar-refractivity contribution in [3.8, 4) is 0 Å². The standard InChI is InChI=1S/C14H30N2O3S/c1-7-8-20(18,19)16-12(6)14(17)15-9-13(10(2)3)11(4)5/h10-13,16H,7-9H2,1-6H3,(H,15,17). The molecule has 2 N–H and O–H groups in total. The van der Waals surface area contributed by atoms with Gasteiger partial charge in [0.25, 0.3) is 0 Å². The van der Waals surface area contributed by atoms with E-state index in [4.69, 9.17) is 0 Å². The second kappa shape index (κ2) is 8.62. The molecule has 20 heavy (non-hydrogen) atoms. The number of carbonyl (C=O) groups is 1. The van der Waals surface area contributed by atoms with E-state index < -0.39 is 16.1 Å². The van der Waals surface area contributed by atoms with Gasteiger partial charge in [0.15, 0.2) is 0 Å². The van der Waals surface area contributed by atoms with Crippen LogP contribution in [-0.2, 0) is 14.8 Å². The lowest BCUT2D eigenvalue weighted by atomic mass is 9.85. The predicted molar refractivity (Wildman–Crippen MR) is 82.9 cm³/mol. The fraction of sp³-hybridized carbons (Fsp3) is 0.929. The van der Waals surface area contributed by atoms with Crippen molar-refractivity contribution in [2.24, 2.45) is 17.8 Å². The molecule has 6 heteroatoms. The Bertz CT molecular complexity index is 383. The third-order valence-electron chi connectivity index (χ3n) is 3.45. The summed E-state index contributed by atoms with van der Waals surface area (Å²) in [5, 5.41) is 2.84. The molecule has 1 unspecified atom stereocenters. The van der Waals surface area contributed by atoms with Crippen molar-refractivity contribution >= 4 is 15.9 Å². The zero-order valence-electron chi connectivity index (χ0n) is 13.6. The van der Waals surface area contributed by atoms with E-state index >= 15 is 0 Å². The predicted octanol–water partition coefficient (Wildman–Crippen LogP) is 1.75. The number of nitrogens with one attached hydrogen (secondary N) is 2. The average molecular weight is 306 g/mol. The highest BCUT2D eigenvalue weighted by atomic mass is 32.2. The molecule has 0 aliphatic carbocycles. The Balaban J connectivity index is 4.40. The van der Waals surface area contributed by atoms with Crippen LogP contribution in [0.1, 0.15) is 48.0 Å². The minimum atomic E-state index is -3.36. The van der Waals surface area contributed by atoms with Gasteiger partial charge in [-0.05, 0) is 31.1 Å². The molecule has 0 fully saturated rings. The Kier molecular flexibility index (Phi) is 8.35. The van der Waals surface area contributed by atoms with Crippen LogP contribution in [0.25, 0.3) is 0 Å². The molecule has 120 valence electrons. The van der Waals surface area contributed by atoms with Crippen molar-refractivity contribution in [3.05, 3.63) is 0 Å². The maximum absolute atomic E-state index is 11.9. The van der Waals surface area contributed by atoms with Crippen LogP contribution >= 0.6 is 0 Å². The molecule has 0 radical (unpaired) electrons. The SMILES string of the molecule is CCCS(=O)(=O)NC(C)C(=O)NCC(C(C)C)C(C)C. The molecule has 0 aliphatic rings. The molecule has 0 aromatic heterocycles. The van der Waals surface area contributed by atoms with Gasteiger partial charge >= 0.3 is 0 Å². The molecule has 0 rings (SSSR count). The molecule has 0 aromatic rings. The first-order valence-corrected chi connectivity index (χ1v) is 9.03. The van der Waals surface area contributed by atoms with E-state index in [1.165, 1.54) is 0 Å². The lowest BCUT2D eigenvalue weighted by molar-refractivity contribution is -0.122. The Morgan fingerprint density at radius 1 is 1.05 bits per heavy atom. The van der Waals surface area contributed by atoms with E-state index in [1.54, 1.807) is 13.8 Å². The molecule has 0 saturated heterocycles. The smallest absolute Gasteiger partial charge is 0.237 e. The second-order valence-corrected chi connectivity index (χ2v) is 7.93. The van der Waals surface area contributed by atoms with Gasteiger partial charge < -0.3 is 5.32 Å². The third-order valence-corrected chi connectivity index (χ3v) is 5.11. The van der Waals surface area contributed by atoms with Gasteiger partial charge in [-0.3, -0.25) is 4.79 Å². The molecule has 0 bridgehead atoms. The molecule has 0 aromatic carbocycles. The Labute approximate surface area is 124 Å². The summed E-state index contributed by atoms with van der Waals surface area (Å²) in [6, 6.07) is -0.730. The van der Waals surface area contributed by atoms with E-state index in [0.717, 1.165) is 0 Å². The molecule has 0 aliphatic heterocycles. The summed E-state index contributed by atoms with van der Waals surface area (Å²) in [6.07, 6.45) is 0.534. The van der Waals surface area contributed by atoms with E-state index in [0.29, 0.717) is 30.7 Å². The summed E-state index contributed by atoms with van der Waals surface area (Å²) < 4.78 is 25.6. The Morgan fingerprint density at radius 2 is 1.55 bits per heavy atom. The summed E-state index contributed by atoms with van der Waals surface area (Å²) >= 11 is 0. The topological polar surface area (TPSA) is 75.3 Å². The first-order chi connectivity index (χ1) is 9.10. The number of amides is 1. The highest BCUT2D eigenvalue weighted by Gasteiger charge is 2.22. The number of hydrogen-bond donors (Lipinski definition) is 2. The summed E-state index contributed by atoms with van der Waals surface area (Å²) in [7, 11) is -3.36. The fourth-order valence-electron chi connectivity index (χ4n) is 2.26. The lowest BCUT2D eigenvalue weighted by Gasteiger charge is -2.25. The van der Waals surface area contributed by atoms with Crippen LogP contribution in [0.15, 0.2) is 0 Å². The first-order valence-electron chi connectivity index (χ1n) is 7.38. The molecule has 1 atom stereocenters. The van der Waals surface area contributed by atoms with Crippen molar-refractivity contribution < 1.29 is 13.2 Å². The summed E-state index contributed by atoms with van der Waals surface area (Å²) in [5.74, 6) is 1.12. The van der Waals surface area contributed by atoms with Crippen LogP contribution in [0, 0.1) is 17.8 Å². The van der Waals surface area contributed by atoms with Gasteiger partial charge in [0.05, 0.1) is 11.8 Å².